The molecule has 0 radical (unpaired) electrons. The van der Waals surface area contributed by atoms with Crippen molar-refractivity contribution in [3.05, 3.63) is 33.8 Å². The lowest BCUT2D eigenvalue weighted by Crippen LogP contribution is -2.37. The molecule has 0 saturated heterocycles. The van der Waals surface area contributed by atoms with Crippen LogP contribution in [0.3, 0.4) is 0 Å². The van der Waals surface area contributed by atoms with E-state index < -0.39 is 6.04 Å². The molecule has 2 N–H and O–H groups in total. The van der Waals surface area contributed by atoms with Crippen molar-refractivity contribution in [2.24, 2.45) is 11.7 Å². The lowest BCUT2D eigenvalue weighted by atomic mass is 9.93. The van der Waals surface area contributed by atoms with Crippen LogP contribution in [0.2, 0.25) is 10.0 Å². The standard InChI is InChI=1S/C13H17Cl2NO/c1-3-8(2)13(16)12(17)6-9-4-5-10(14)7-11(9)15/h4-5,7-8,13H,3,6,16H2,1-2H3. The Hall–Kier alpha value is -0.570. The zero-order chi connectivity index (χ0) is 13.0. The fourth-order valence-corrected chi connectivity index (χ4v) is 2.02. The van der Waals surface area contributed by atoms with E-state index in [1.54, 1.807) is 18.2 Å². The summed E-state index contributed by atoms with van der Waals surface area (Å²) >= 11 is 11.8. The molecule has 0 aliphatic rings. The van der Waals surface area contributed by atoms with Gasteiger partial charge in [-0.15, -0.1) is 0 Å². The van der Waals surface area contributed by atoms with Crippen molar-refractivity contribution in [1.29, 1.82) is 0 Å². The number of halogens is 2. The largest absolute Gasteiger partial charge is 0.321 e. The molecule has 0 heterocycles. The summed E-state index contributed by atoms with van der Waals surface area (Å²) < 4.78 is 0. The first-order chi connectivity index (χ1) is 7.95. The number of hydrogen-bond donors (Lipinski definition) is 1. The Bertz CT molecular complexity index is 406. The molecular weight excluding hydrogens is 257 g/mol. The Balaban J connectivity index is 2.74. The second-order valence-electron chi connectivity index (χ2n) is 4.29. The van der Waals surface area contributed by atoms with Gasteiger partial charge in [-0.1, -0.05) is 49.5 Å². The molecule has 0 aliphatic heterocycles. The van der Waals surface area contributed by atoms with Crippen molar-refractivity contribution >= 4 is 29.0 Å². The molecule has 0 amide bonds. The van der Waals surface area contributed by atoms with Crippen LogP contribution in [0.1, 0.15) is 25.8 Å². The summed E-state index contributed by atoms with van der Waals surface area (Å²) in [6.07, 6.45) is 1.16. The van der Waals surface area contributed by atoms with Crippen LogP contribution in [-0.4, -0.2) is 11.8 Å². The van der Waals surface area contributed by atoms with Gasteiger partial charge in [0.1, 0.15) is 0 Å². The number of hydrogen-bond acceptors (Lipinski definition) is 2. The van der Waals surface area contributed by atoms with Crippen molar-refractivity contribution in [3.8, 4) is 0 Å². The van der Waals surface area contributed by atoms with Crippen LogP contribution in [-0.2, 0) is 11.2 Å². The van der Waals surface area contributed by atoms with Gasteiger partial charge in [0.05, 0.1) is 6.04 Å². The van der Waals surface area contributed by atoms with Crippen molar-refractivity contribution in [2.45, 2.75) is 32.7 Å². The minimum absolute atomic E-state index is 0.0172. The summed E-state index contributed by atoms with van der Waals surface area (Å²) in [5.41, 5.74) is 6.66. The van der Waals surface area contributed by atoms with Crippen LogP contribution in [0.15, 0.2) is 18.2 Å². The molecule has 4 heteroatoms. The van der Waals surface area contributed by atoms with E-state index in [2.05, 4.69) is 0 Å². The molecule has 0 spiro atoms. The first-order valence-electron chi connectivity index (χ1n) is 5.68. The summed E-state index contributed by atoms with van der Waals surface area (Å²) in [6, 6.07) is 4.71. The topological polar surface area (TPSA) is 43.1 Å². The minimum atomic E-state index is -0.424. The molecule has 2 atom stereocenters. The van der Waals surface area contributed by atoms with Crippen molar-refractivity contribution in [2.75, 3.05) is 0 Å². The smallest absolute Gasteiger partial charge is 0.154 e. The third-order valence-corrected chi connectivity index (χ3v) is 3.60. The SMILES string of the molecule is CCC(C)C(N)C(=O)Cc1ccc(Cl)cc1Cl. The van der Waals surface area contributed by atoms with E-state index in [4.69, 9.17) is 28.9 Å². The van der Waals surface area contributed by atoms with E-state index in [0.29, 0.717) is 10.0 Å². The highest BCUT2D eigenvalue weighted by Gasteiger charge is 2.20. The third-order valence-electron chi connectivity index (χ3n) is 3.01. The quantitative estimate of drug-likeness (QED) is 0.893. The highest BCUT2D eigenvalue weighted by atomic mass is 35.5. The Morgan fingerprint density at radius 1 is 1.41 bits per heavy atom. The van der Waals surface area contributed by atoms with Crippen molar-refractivity contribution in [3.63, 3.8) is 0 Å². The number of nitrogens with two attached hydrogens (primary N) is 1. The predicted molar refractivity (Wildman–Crippen MR) is 72.6 cm³/mol. The summed E-state index contributed by atoms with van der Waals surface area (Å²) in [4.78, 5) is 11.9. The van der Waals surface area contributed by atoms with Gasteiger partial charge in [-0.05, 0) is 23.6 Å². The van der Waals surface area contributed by atoms with E-state index in [0.717, 1.165) is 12.0 Å². The van der Waals surface area contributed by atoms with Gasteiger partial charge >= 0.3 is 0 Å². The van der Waals surface area contributed by atoms with E-state index in [-0.39, 0.29) is 18.1 Å². The molecule has 1 aromatic carbocycles. The van der Waals surface area contributed by atoms with Gasteiger partial charge < -0.3 is 5.73 Å². The number of ketones is 1. The Labute approximate surface area is 112 Å². The van der Waals surface area contributed by atoms with Gasteiger partial charge in [0.25, 0.3) is 0 Å². The molecule has 2 nitrogen and oxygen atoms in total. The number of Topliss-reactive ketones (excluding diaryl/α,β-unsaturated/α-hetero) is 1. The van der Waals surface area contributed by atoms with Gasteiger partial charge in [-0.2, -0.15) is 0 Å². The molecule has 94 valence electrons. The molecule has 0 aliphatic carbocycles. The third kappa shape index (κ3) is 3.98. The number of rotatable bonds is 5. The molecule has 1 aromatic rings. The first kappa shape index (κ1) is 14.5. The summed E-state index contributed by atoms with van der Waals surface area (Å²) in [5.74, 6) is 0.206. The number of carbonyl (C=O) groups is 1. The van der Waals surface area contributed by atoms with E-state index in [1.165, 1.54) is 0 Å². The average Bonchev–Trinajstić information content (AvgIpc) is 2.30. The van der Waals surface area contributed by atoms with Gasteiger partial charge in [0.2, 0.25) is 0 Å². The normalized spacial score (nSPS) is 14.4. The van der Waals surface area contributed by atoms with Gasteiger partial charge in [-0.3, -0.25) is 4.79 Å². The lowest BCUT2D eigenvalue weighted by molar-refractivity contribution is -0.120. The average molecular weight is 274 g/mol. The van der Waals surface area contributed by atoms with Crippen LogP contribution >= 0.6 is 23.2 Å². The van der Waals surface area contributed by atoms with E-state index in [1.807, 2.05) is 13.8 Å². The maximum absolute atomic E-state index is 11.9. The summed E-state index contributed by atoms with van der Waals surface area (Å²) in [6.45, 7) is 4.00. The maximum atomic E-state index is 11.9. The second kappa shape index (κ2) is 6.39. The van der Waals surface area contributed by atoms with Gasteiger partial charge in [-0.25, -0.2) is 0 Å². The van der Waals surface area contributed by atoms with Crippen molar-refractivity contribution < 1.29 is 4.79 Å². The van der Waals surface area contributed by atoms with Crippen LogP contribution in [0, 0.1) is 5.92 Å². The van der Waals surface area contributed by atoms with Crippen LogP contribution in [0.25, 0.3) is 0 Å². The Kier molecular flexibility index (Phi) is 5.44. The second-order valence-corrected chi connectivity index (χ2v) is 5.13. The summed E-state index contributed by atoms with van der Waals surface area (Å²) in [5, 5.41) is 1.08. The van der Waals surface area contributed by atoms with Crippen LogP contribution in [0.4, 0.5) is 0 Å². The Morgan fingerprint density at radius 2 is 2.06 bits per heavy atom. The van der Waals surface area contributed by atoms with Gasteiger partial charge in [0.15, 0.2) is 5.78 Å². The molecule has 2 unspecified atom stereocenters. The number of carbonyl (C=O) groups excluding carboxylic acids is 1. The fraction of sp³-hybridized carbons (Fsp3) is 0.462. The maximum Gasteiger partial charge on any atom is 0.154 e. The lowest BCUT2D eigenvalue weighted by Gasteiger charge is -2.17. The molecular formula is C13H17Cl2NO. The number of benzene rings is 1. The molecule has 0 saturated carbocycles. The zero-order valence-electron chi connectivity index (χ0n) is 10.0. The van der Waals surface area contributed by atoms with Crippen LogP contribution in [0.5, 0.6) is 0 Å². The molecule has 1 rings (SSSR count). The monoisotopic (exact) mass is 273 g/mol. The van der Waals surface area contributed by atoms with Crippen molar-refractivity contribution in [1.82, 2.24) is 0 Å². The fourth-order valence-electron chi connectivity index (χ4n) is 1.54. The van der Waals surface area contributed by atoms with E-state index >= 15 is 0 Å². The Morgan fingerprint density at radius 3 is 2.59 bits per heavy atom. The highest BCUT2D eigenvalue weighted by molar-refractivity contribution is 6.35. The molecule has 0 aromatic heterocycles. The zero-order valence-corrected chi connectivity index (χ0v) is 11.6. The molecule has 0 fully saturated rings. The first-order valence-corrected chi connectivity index (χ1v) is 6.43. The van der Waals surface area contributed by atoms with Gasteiger partial charge in [0, 0.05) is 16.5 Å². The predicted octanol–water partition coefficient (Wildman–Crippen LogP) is 3.48. The minimum Gasteiger partial charge on any atom is -0.321 e. The molecule has 17 heavy (non-hydrogen) atoms. The van der Waals surface area contributed by atoms with E-state index in [9.17, 15) is 4.79 Å². The highest BCUT2D eigenvalue weighted by Crippen LogP contribution is 2.22. The molecule has 0 bridgehead atoms. The van der Waals surface area contributed by atoms with Crippen LogP contribution < -0.4 is 5.73 Å². The summed E-state index contributed by atoms with van der Waals surface area (Å²) in [7, 11) is 0.